The van der Waals surface area contributed by atoms with Crippen LogP contribution in [-0.2, 0) is 9.53 Å². The van der Waals surface area contributed by atoms with E-state index < -0.39 is 18.0 Å². The standard InChI is InChI=1S/C22H19Cl2NO4/c1-22(2)17(11-19(23)24)20(22)21(27)29-18(12-25)13-4-3-5-16(10-13)28-15-8-6-14(26)7-9-15/h3-11,17-18,20,26H,1-2H3/t17-,18+,20+/m1/s1. The second kappa shape index (κ2) is 8.36. The Kier molecular flexibility index (Phi) is 6.07. The molecule has 1 fully saturated rings. The van der Waals surface area contributed by atoms with Crippen LogP contribution >= 0.6 is 23.2 Å². The van der Waals surface area contributed by atoms with Crippen molar-refractivity contribution in [2.75, 3.05) is 0 Å². The Hall–Kier alpha value is -2.68. The first-order valence-electron chi connectivity index (χ1n) is 8.92. The molecule has 0 unspecified atom stereocenters. The Labute approximate surface area is 179 Å². The summed E-state index contributed by atoms with van der Waals surface area (Å²) in [6.45, 7) is 3.84. The molecule has 0 aromatic heterocycles. The highest BCUT2D eigenvalue weighted by Gasteiger charge is 2.62. The number of esters is 1. The van der Waals surface area contributed by atoms with E-state index in [0.29, 0.717) is 17.1 Å². The van der Waals surface area contributed by atoms with Gasteiger partial charge in [-0.2, -0.15) is 5.26 Å². The number of hydrogen-bond donors (Lipinski definition) is 1. The van der Waals surface area contributed by atoms with Crippen molar-refractivity contribution in [2.45, 2.75) is 20.0 Å². The Morgan fingerprint density at radius 2 is 1.90 bits per heavy atom. The quantitative estimate of drug-likeness (QED) is 0.577. The molecule has 2 aromatic carbocycles. The van der Waals surface area contributed by atoms with Crippen molar-refractivity contribution in [1.29, 1.82) is 5.26 Å². The molecule has 0 amide bonds. The Morgan fingerprint density at radius 3 is 2.52 bits per heavy atom. The van der Waals surface area contributed by atoms with Crippen molar-refractivity contribution >= 4 is 29.2 Å². The van der Waals surface area contributed by atoms with Gasteiger partial charge < -0.3 is 14.6 Å². The monoisotopic (exact) mass is 431 g/mol. The minimum atomic E-state index is -1.07. The SMILES string of the molecule is CC1(C)[C@H](C=C(Cl)Cl)[C@H]1C(=O)O[C@@H](C#N)c1cccc(Oc2ccc(O)cc2)c1. The van der Waals surface area contributed by atoms with Crippen LogP contribution in [0.2, 0.25) is 0 Å². The fraction of sp³-hybridized carbons (Fsp3) is 0.273. The minimum absolute atomic E-state index is 0.106. The number of carbonyl (C=O) groups excluding carboxylic acids is 1. The lowest BCUT2D eigenvalue weighted by molar-refractivity contribution is -0.149. The third-order valence-electron chi connectivity index (χ3n) is 5.05. The number of aromatic hydroxyl groups is 1. The molecule has 5 nitrogen and oxygen atoms in total. The summed E-state index contributed by atoms with van der Waals surface area (Å²) in [6.07, 6.45) is 0.557. The maximum absolute atomic E-state index is 12.6. The summed E-state index contributed by atoms with van der Waals surface area (Å²) in [5.74, 6) is 0.117. The van der Waals surface area contributed by atoms with Gasteiger partial charge >= 0.3 is 5.97 Å². The van der Waals surface area contributed by atoms with Crippen LogP contribution in [0, 0.1) is 28.6 Å². The summed E-state index contributed by atoms with van der Waals surface area (Å²) in [5, 5.41) is 18.9. The van der Waals surface area contributed by atoms with E-state index in [-0.39, 0.29) is 21.6 Å². The molecule has 1 aliphatic carbocycles. The van der Waals surface area contributed by atoms with Gasteiger partial charge in [-0.3, -0.25) is 4.79 Å². The summed E-state index contributed by atoms with van der Waals surface area (Å²) >= 11 is 11.5. The van der Waals surface area contributed by atoms with Crippen LogP contribution in [0.25, 0.3) is 0 Å². The molecule has 1 saturated carbocycles. The van der Waals surface area contributed by atoms with E-state index in [1.165, 1.54) is 12.1 Å². The number of phenolic OH excluding ortho intramolecular Hbond substituents is 1. The van der Waals surface area contributed by atoms with E-state index in [2.05, 4.69) is 0 Å². The van der Waals surface area contributed by atoms with E-state index in [0.717, 1.165) is 0 Å². The van der Waals surface area contributed by atoms with Gasteiger partial charge in [-0.15, -0.1) is 0 Å². The summed E-state index contributed by atoms with van der Waals surface area (Å²) in [6, 6.07) is 15.0. The zero-order chi connectivity index (χ0) is 21.2. The molecule has 1 N–H and O–H groups in total. The lowest BCUT2D eigenvalue weighted by atomic mass is 10.1. The molecule has 0 saturated heterocycles. The third kappa shape index (κ3) is 4.84. The maximum Gasteiger partial charge on any atom is 0.311 e. The number of ether oxygens (including phenoxy) is 2. The number of phenols is 1. The summed E-state index contributed by atoms with van der Waals surface area (Å²) in [5.41, 5.74) is 0.161. The highest BCUT2D eigenvalue weighted by molar-refractivity contribution is 6.55. The minimum Gasteiger partial charge on any atom is -0.508 e. The van der Waals surface area contributed by atoms with E-state index >= 15 is 0 Å². The first-order valence-corrected chi connectivity index (χ1v) is 9.67. The van der Waals surface area contributed by atoms with Gasteiger partial charge in [-0.05, 0) is 53.8 Å². The molecule has 0 aliphatic heterocycles. The van der Waals surface area contributed by atoms with Crippen LogP contribution in [0.5, 0.6) is 17.2 Å². The van der Waals surface area contributed by atoms with Crippen LogP contribution in [0.3, 0.4) is 0 Å². The predicted octanol–water partition coefficient (Wildman–Crippen LogP) is 5.88. The zero-order valence-corrected chi connectivity index (χ0v) is 17.3. The number of carbonyl (C=O) groups is 1. The van der Waals surface area contributed by atoms with Gasteiger partial charge in [0.1, 0.15) is 27.8 Å². The van der Waals surface area contributed by atoms with Crippen molar-refractivity contribution in [3.05, 3.63) is 64.7 Å². The molecule has 3 atom stereocenters. The Balaban J connectivity index is 1.72. The molecule has 0 radical (unpaired) electrons. The van der Waals surface area contributed by atoms with Gasteiger partial charge in [-0.1, -0.05) is 49.2 Å². The van der Waals surface area contributed by atoms with Gasteiger partial charge in [0, 0.05) is 5.56 Å². The van der Waals surface area contributed by atoms with E-state index in [9.17, 15) is 15.2 Å². The molecule has 1 aliphatic rings. The topological polar surface area (TPSA) is 79.6 Å². The highest BCUT2D eigenvalue weighted by atomic mass is 35.5. The Bertz CT molecular complexity index is 975. The number of benzene rings is 2. The van der Waals surface area contributed by atoms with Crippen LogP contribution in [0.1, 0.15) is 25.5 Å². The fourth-order valence-corrected chi connectivity index (χ4v) is 3.60. The van der Waals surface area contributed by atoms with Crippen LogP contribution < -0.4 is 4.74 Å². The van der Waals surface area contributed by atoms with E-state index in [1.54, 1.807) is 42.5 Å². The predicted molar refractivity (Wildman–Crippen MR) is 110 cm³/mol. The lowest BCUT2D eigenvalue weighted by Crippen LogP contribution is -2.14. The molecule has 2 aromatic rings. The highest BCUT2D eigenvalue weighted by Crippen LogP contribution is 2.60. The smallest absolute Gasteiger partial charge is 0.311 e. The number of halogens is 2. The van der Waals surface area contributed by atoms with Gasteiger partial charge in [0.2, 0.25) is 6.10 Å². The van der Waals surface area contributed by atoms with Crippen LogP contribution in [0.4, 0.5) is 0 Å². The van der Waals surface area contributed by atoms with Crippen molar-refractivity contribution < 1.29 is 19.4 Å². The normalized spacial score (nSPS) is 20.1. The second-order valence-corrected chi connectivity index (χ2v) is 8.40. The average molecular weight is 432 g/mol. The van der Waals surface area contributed by atoms with E-state index in [1.807, 2.05) is 19.9 Å². The van der Waals surface area contributed by atoms with Crippen molar-refractivity contribution in [3.8, 4) is 23.3 Å². The molecule has 0 spiro atoms. The zero-order valence-electron chi connectivity index (χ0n) is 15.8. The summed E-state index contributed by atoms with van der Waals surface area (Å²) in [4.78, 5) is 12.6. The first-order chi connectivity index (χ1) is 13.7. The Morgan fingerprint density at radius 1 is 1.21 bits per heavy atom. The van der Waals surface area contributed by atoms with Crippen molar-refractivity contribution in [2.24, 2.45) is 17.3 Å². The van der Waals surface area contributed by atoms with Gasteiger partial charge in [0.15, 0.2) is 0 Å². The fourth-order valence-electron chi connectivity index (χ4n) is 3.32. The molecule has 0 heterocycles. The molecule has 150 valence electrons. The first kappa shape index (κ1) is 21.0. The number of nitriles is 1. The van der Waals surface area contributed by atoms with Gasteiger partial charge in [0.25, 0.3) is 0 Å². The van der Waals surface area contributed by atoms with Gasteiger partial charge in [0.05, 0.1) is 5.92 Å². The molecule has 0 bridgehead atoms. The third-order valence-corrected chi connectivity index (χ3v) is 5.31. The number of hydrogen-bond acceptors (Lipinski definition) is 5. The van der Waals surface area contributed by atoms with Crippen molar-refractivity contribution in [1.82, 2.24) is 0 Å². The molecule has 29 heavy (non-hydrogen) atoms. The molecular weight excluding hydrogens is 413 g/mol. The maximum atomic E-state index is 12.6. The molecular formula is C22H19Cl2NO4. The van der Waals surface area contributed by atoms with Gasteiger partial charge in [-0.25, -0.2) is 0 Å². The number of nitrogens with zero attached hydrogens (tertiary/aromatic N) is 1. The average Bonchev–Trinajstić information content (AvgIpc) is 3.21. The number of allylic oxidation sites excluding steroid dienone is 1. The largest absolute Gasteiger partial charge is 0.508 e. The van der Waals surface area contributed by atoms with Crippen molar-refractivity contribution in [3.63, 3.8) is 0 Å². The van der Waals surface area contributed by atoms with E-state index in [4.69, 9.17) is 32.7 Å². The lowest BCUT2D eigenvalue weighted by Gasteiger charge is -2.13. The molecule has 3 rings (SSSR count). The summed E-state index contributed by atoms with van der Waals surface area (Å²) < 4.78 is 11.3. The number of rotatable bonds is 6. The molecule has 7 heteroatoms. The van der Waals surface area contributed by atoms with Crippen LogP contribution in [-0.4, -0.2) is 11.1 Å². The summed E-state index contributed by atoms with van der Waals surface area (Å²) in [7, 11) is 0. The second-order valence-electron chi connectivity index (χ2n) is 7.40. The van der Waals surface area contributed by atoms with Crippen LogP contribution in [0.15, 0.2) is 59.1 Å².